The van der Waals surface area contributed by atoms with Gasteiger partial charge < -0.3 is 4.74 Å². The van der Waals surface area contributed by atoms with Gasteiger partial charge in [0.1, 0.15) is 11.2 Å². The second-order valence-corrected chi connectivity index (χ2v) is 4.48. The van der Waals surface area contributed by atoms with Gasteiger partial charge in [0.25, 0.3) is 11.8 Å². The highest BCUT2D eigenvalue weighted by Gasteiger charge is 2.50. The molecule has 4 nitrogen and oxygen atoms in total. The van der Waals surface area contributed by atoms with Crippen molar-refractivity contribution in [2.75, 3.05) is 6.54 Å². The molecule has 2 amide bonds. The van der Waals surface area contributed by atoms with E-state index in [1.165, 1.54) is 4.90 Å². The number of likely N-dealkylation sites (N-methyl/N-ethyl adjacent to an activating group) is 1. The van der Waals surface area contributed by atoms with Gasteiger partial charge in [0, 0.05) is 6.54 Å². The number of hydrogen-bond donors (Lipinski definition) is 0. The van der Waals surface area contributed by atoms with E-state index in [0.717, 1.165) is 0 Å². The molecule has 1 aliphatic heterocycles. The quantitative estimate of drug-likeness (QED) is 0.591. The molecule has 4 heteroatoms. The van der Waals surface area contributed by atoms with Crippen LogP contribution in [0.2, 0.25) is 0 Å². The molecule has 80 valence electrons. The van der Waals surface area contributed by atoms with Crippen molar-refractivity contribution in [1.82, 2.24) is 4.90 Å². The van der Waals surface area contributed by atoms with E-state index in [4.69, 9.17) is 4.74 Å². The minimum atomic E-state index is -0.909. The Labute approximate surface area is 84.2 Å². The molecule has 0 radical (unpaired) electrons. The van der Waals surface area contributed by atoms with Crippen molar-refractivity contribution >= 4 is 11.8 Å². The summed E-state index contributed by atoms with van der Waals surface area (Å²) in [5, 5.41) is 0. The highest BCUT2D eigenvalue weighted by molar-refractivity contribution is 6.04. The first-order valence-corrected chi connectivity index (χ1v) is 4.79. The standard InChI is InChI=1S/C10H17NO3/c1-6-11-7(12)9(2,3)14-10(4,5)8(11)13/h6H2,1-5H3. The molecule has 0 saturated carbocycles. The molecule has 0 atom stereocenters. The summed E-state index contributed by atoms with van der Waals surface area (Å²) in [4.78, 5) is 24.8. The number of morpholine rings is 1. The van der Waals surface area contributed by atoms with Gasteiger partial charge in [-0.25, -0.2) is 0 Å². The third-order valence-corrected chi connectivity index (χ3v) is 2.35. The van der Waals surface area contributed by atoms with E-state index in [1.54, 1.807) is 34.6 Å². The molecule has 1 saturated heterocycles. The minimum absolute atomic E-state index is 0.260. The van der Waals surface area contributed by atoms with Crippen molar-refractivity contribution < 1.29 is 14.3 Å². The Morgan fingerprint density at radius 1 is 1.07 bits per heavy atom. The molecule has 0 unspecified atom stereocenters. The van der Waals surface area contributed by atoms with Crippen LogP contribution >= 0.6 is 0 Å². The monoisotopic (exact) mass is 199 g/mol. The van der Waals surface area contributed by atoms with Crippen LogP contribution in [0.4, 0.5) is 0 Å². The summed E-state index contributed by atoms with van der Waals surface area (Å²) in [6, 6.07) is 0. The molecule has 1 rings (SSSR count). The first kappa shape index (κ1) is 11.2. The summed E-state index contributed by atoms with van der Waals surface area (Å²) < 4.78 is 5.48. The van der Waals surface area contributed by atoms with Crippen molar-refractivity contribution in [3.8, 4) is 0 Å². The van der Waals surface area contributed by atoms with Gasteiger partial charge in [0.2, 0.25) is 0 Å². The maximum absolute atomic E-state index is 11.8. The van der Waals surface area contributed by atoms with Crippen molar-refractivity contribution in [2.24, 2.45) is 0 Å². The minimum Gasteiger partial charge on any atom is -0.350 e. The zero-order chi connectivity index (χ0) is 11.1. The highest BCUT2D eigenvalue weighted by atomic mass is 16.5. The normalized spacial score (nSPS) is 25.4. The molecule has 0 aromatic carbocycles. The fraction of sp³-hybridized carbons (Fsp3) is 0.800. The lowest BCUT2D eigenvalue weighted by atomic mass is 9.97. The Morgan fingerprint density at radius 3 is 1.71 bits per heavy atom. The van der Waals surface area contributed by atoms with Gasteiger partial charge in [-0.05, 0) is 34.6 Å². The molecule has 0 aromatic rings. The number of hydrogen-bond acceptors (Lipinski definition) is 3. The second-order valence-electron chi connectivity index (χ2n) is 4.48. The van der Waals surface area contributed by atoms with E-state index in [1.807, 2.05) is 0 Å². The first-order chi connectivity index (χ1) is 6.22. The van der Waals surface area contributed by atoms with Crippen LogP contribution in [0, 0.1) is 0 Å². The van der Waals surface area contributed by atoms with Crippen molar-refractivity contribution in [3.63, 3.8) is 0 Å². The maximum Gasteiger partial charge on any atom is 0.260 e. The van der Waals surface area contributed by atoms with E-state index < -0.39 is 11.2 Å². The number of nitrogens with zero attached hydrogens (tertiary/aromatic N) is 1. The van der Waals surface area contributed by atoms with Crippen LogP contribution in [0.25, 0.3) is 0 Å². The van der Waals surface area contributed by atoms with Gasteiger partial charge in [-0.1, -0.05) is 0 Å². The topological polar surface area (TPSA) is 46.6 Å². The number of rotatable bonds is 1. The van der Waals surface area contributed by atoms with Gasteiger partial charge in [-0.3, -0.25) is 14.5 Å². The predicted molar refractivity (Wildman–Crippen MR) is 51.6 cm³/mol. The summed E-state index contributed by atoms with van der Waals surface area (Å²) in [6.07, 6.45) is 0. The third-order valence-electron chi connectivity index (χ3n) is 2.35. The van der Waals surface area contributed by atoms with Gasteiger partial charge >= 0.3 is 0 Å². The largest absolute Gasteiger partial charge is 0.350 e. The van der Waals surface area contributed by atoms with Crippen LogP contribution < -0.4 is 0 Å². The molecule has 0 spiro atoms. The molecule has 14 heavy (non-hydrogen) atoms. The fourth-order valence-corrected chi connectivity index (χ4v) is 1.75. The van der Waals surface area contributed by atoms with Crippen molar-refractivity contribution in [3.05, 3.63) is 0 Å². The van der Waals surface area contributed by atoms with E-state index in [2.05, 4.69) is 0 Å². The molecule has 1 heterocycles. The van der Waals surface area contributed by atoms with Crippen molar-refractivity contribution in [1.29, 1.82) is 0 Å². The van der Waals surface area contributed by atoms with Crippen LogP contribution in [-0.2, 0) is 14.3 Å². The molecule has 0 N–H and O–H groups in total. The fourth-order valence-electron chi connectivity index (χ4n) is 1.75. The zero-order valence-corrected chi connectivity index (χ0v) is 9.38. The summed E-state index contributed by atoms with van der Waals surface area (Å²) in [5.74, 6) is -0.520. The van der Waals surface area contributed by atoms with Crippen LogP contribution in [0.15, 0.2) is 0 Å². The number of carbonyl (C=O) groups is 2. The maximum atomic E-state index is 11.8. The van der Waals surface area contributed by atoms with E-state index in [9.17, 15) is 9.59 Å². The van der Waals surface area contributed by atoms with Crippen LogP contribution in [-0.4, -0.2) is 34.5 Å². The average Bonchev–Trinajstić information content (AvgIpc) is 2.01. The molecular weight excluding hydrogens is 182 g/mol. The van der Waals surface area contributed by atoms with E-state index >= 15 is 0 Å². The SMILES string of the molecule is CCN1C(=O)C(C)(C)OC(C)(C)C1=O. The Bertz CT molecular complexity index is 255. The van der Waals surface area contributed by atoms with Crippen LogP contribution in [0.5, 0.6) is 0 Å². The van der Waals surface area contributed by atoms with Crippen molar-refractivity contribution in [2.45, 2.75) is 45.8 Å². The van der Waals surface area contributed by atoms with Crippen LogP contribution in [0.3, 0.4) is 0 Å². The first-order valence-electron chi connectivity index (χ1n) is 4.79. The molecule has 0 bridgehead atoms. The smallest absolute Gasteiger partial charge is 0.260 e. The zero-order valence-electron chi connectivity index (χ0n) is 9.38. The van der Waals surface area contributed by atoms with E-state index in [-0.39, 0.29) is 11.8 Å². The molecule has 1 aliphatic rings. The lowest BCUT2D eigenvalue weighted by Gasteiger charge is -2.43. The molecule has 1 fully saturated rings. The summed E-state index contributed by atoms with van der Waals surface area (Å²) in [7, 11) is 0. The summed E-state index contributed by atoms with van der Waals surface area (Å²) in [6.45, 7) is 8.93. The summed E-state index contributed by atoms with van der Waals surface area (Å²) >= 11 is 0. The third kappa shape index (κ3) is 1.54. The Kier molecular flexibility index (Phi) is 2.44. The average molecular weight is 199 g/mol. The lowest BCUT2D eigenvalue weighted by Crippen LogP contribution is -2.64. The Hall–Kier alpha value is -0.900. The molecule has 0 aromatic heterocycles. The number of amides is 2. The number of imide groups is 1. The number of carbonyl (C=O) groups excluding carboxylic acids is 2. The van der Waals surface area contributed by atoms with Gasteiger partial charge in [0.05, 0.1) is 0 Å². The van der Waals surface area contributed by atoms with Gasteiger partial charge in [0.15, 0.2) is 0 Å². The van der Waals surface area contributed by atoms with Gasteiger partial charge in [-0.2, -0.15) is 0 Å². The Morgan fingerprint density at radius 2 is 1.43 bits per heavy atom. The van der Waals surface area contributed by atoms with E-state index in [0.29, 0.717) is 6.54 Å². The molecular formula is C10H17NO3. The molecule has 0 aliphatic carbocycles. The van der Waals surface area contributed by atoms with Crippen LogP contribution in [0.1, 0.15) is 34.6 Å². The predicted octanol–water partition coefficient (Wildman–Crippen LogP) is 0.949. The second kappa shape index (κ2) is 3.05. The number of ether oxygens (including phenoxy) is 1. The Balaban J connectivity index is 3.09. The lowest BCUT2D eigenvalue weighted by molar-refractivity contribution is -0.203. The van der Waals surface area contributed by atoms with Gasteiger partial charge in [-0.15, -0.1) is 0 Å². The summed E-state index contributed by atoms with van der Waals surface area (Å²) in [5.41, 5.74) is -1.82. The highest BCUT2D eigenvalue weighted by Crippen LogP contribution is 2.29.